The van der Waals surface area contributed by atoms with Crippen LogP contribution in [-0.4, -0.2) is 68.5 Å². The minimum Gasteiger partial charge on any atom is -0.488 e. The van der Waals surface area contributed by atoms with Crippen molar-refractivity contribution in [1.29, 1.82) is 0 Å². The largest absolute Gasteiger partial charge is 0.488 e. The summed E-state index contributed by atoms with van der Waals surface area (Å²) in [5, 5.41) is 4.03. The van der Waals surface area contributed by atoms with E-state index in [1.807, 2.05) is 59.2 Å². The quantitative estimate of drug-likeness (QED) is 0.453. The molecule has 7 nitrogen and oxygen atoms in total. The molecule has 1 N–H and O–H groups in total. The number of morpholine rings is 1. The predicted octanol–water partition coefficient (Wildman–Crippen LogP) is 3.32. The average Bonchev–Trinajstić information content (AvgIpc) is 3.24. The summed E-state index contributed by atoms with van der Waals surface area (Å²) in [7, 11) is 1.67. The molecule has 33 heavy (non-hydrogen) atoms. The highest BCUT2D eigenvalue weighted by atomic mass is 16.5. The zero-order chi connectivity index (χ0) is 22.9. The number of methoxy groups -OCH3 is 1. The molecule has 4 rings (SSSR count). The molecule has 0 aliphatic carbocycles. The molecule has 1 aromatic heterocycles. The van der Waals surface area contributed by atoms with E-state index in [9.17, 15) is 4.79 Å². The first-order valence-electron chi connectivity index (χ1n) is 11.6. The number of aromatic nitrogens is 1. The van der Waals surface area contributed by atoms with Gasteiger partial charge in [0.05, 0.1) is 25.3 Å². The highest BCUT2D eigenvalue weighted by Gasteiger charge is 2.18. The molecule has 0 atom stereocenters. The minimum absolute atomic E-state index is 0.0710. The Morgan fingerprint density at radius 2 is 1.88 bits per heavy atom. The normalized spacial score (nSPS) is 14.5. The lowest BCUT2D eigenvalue weighted by Gasteiger charge is -2.26. The van der Waals surface area contributed by atoms with Crippen LogP contribution in [0.1, 0.15) is 22.5 Å². The molecule has 0 saturated carbocycles. The molecule has 0 spiro atoms. The first-order valence-corrected chi connectivity index (χ1v) is 11.6. The summed E-state index contributed by atoms with van der Waals surface area (Å²) in [6, 6.07) is 18.0. The van der Waals surface area contributed by atoms with E-state index in [2.05, 4.69) is 10.2 Å². The molecular weight excluding hydrogens is 418 g/mol. The van der Waals surface area contributed by atoms with Gasteiger partial charge in [-0.2, -0.15) is 0 Å². The second kappa shape index (κ2) is 11.8. The van der Waals surface area contributed by atoms with E-state index in [4.69, 9.17) is 14.2 Å². The van der Waals surface area contributed by atoms with Crippen molar-refractivity contribution in [3.8, 4) is 5.75 Å². The van der Waals surface area contributed by atoms with Crippen molar-refractivity contribution in [2.24, 2.45) is 0 Å². The van der Waals surface area contributed by atoms with Crippen molar-refractivity contribution >= 4 is 16.8 Å². The molecule has 1 aliphatic rings. The summed E-state index contributed by atoms with van der Waals surface area (Å²) in [5.74, 6) is 0.701. The highest BCUT2D eigenvalue weighted by Crippen LogP contribution is 2.30. The van der Waals surface area contributed by atoms with Crippen molar-refractivity contribution in [3.05, 3.63) is 65.9 Å². The summed E-state index contributed by atoms with van der Waals surface area (Å²) in [6.45, 7) is 6.71. The van der Waals surface area contributed by atoms with E-state index >= 15 is 0 Å². The Morgan fingerprint density at radius 1 is 1.06 bits per heavy atom. The number of benzene rings is 2. The Balaban J connectivity index is 1.46. The number of amides is 1. The van der Waals surface area contributed by atoms with Gasteiger partial charge in [-0.3, -0.25) is 9.69 Å². The van der Waals surface area contributed by atoms with Crippen LogP contribution in [0.5, 0.6) is 5.75 Å². The van der Waals surface area contributed by atoms with E-state index in [0.717, 1.165) is 61.5 Å². The van der Waals surface area contributed by atoms with Crippen molar-refractivity contribution in [2.45, 2.75) is 19.6 Å². The van der Waals surface area contributed by atoms with Gasteiger partial charge in [0, 0.05) is 38.7 Å². The van der Waals surface area contributed by atoms with Crippen LogP contribution in [0.3, 0.4) is 0 Å². The topological polar surface area (TPSA) is 65.0 Å². The van der Waals surface area contributed by atoms with Crippen LogP contribution >= 0.6 is 0 Å². The van der Waals surface area contributed by atoms with Crippen LogP contribution in [0.15, 0.2) is 54.6 Å². The van der Waals surface area contributed by atoms with Crippen LogP contribution in [0.2, 0.25) is 0 Å². The number of nitrogens with zero attached hydrogens (tertiary/aromatic N) is 2. The molecule has 1 aliphatic heterocycles. The standard InChI is InChI=1S/C26H33N3O4/c1-31-16-15-29-23-9-5-10-25(33-20-21-7-3-2-4-8-21)22(23)19-24(29)26(30)27-11-6-12-28-13-17-32-18-14-28/h2-5,7-10,19H,6,11-18,20H2,1H3,(H,27,30). The van der Waals surface area contributed by atoms with E-state index in [1.165, 1.54) is 0 Å². The monoisotopic (exact) mass is 451 g/mol. The smallest absolute Gasteiger partial charge is 0.267 e. The fourth-order valence-corrected chi connectivity index (χ4v) is 4.15. The van der Waals surface area contributed by atoms with Gasteiger partial charge in [-0.15, -0.1) is 0 Å². The number of carbonyl (C=O) groups excluding carboxylic acids is 1. The number of fused-ring (bicyclic) bond motifs is 1. The van der Waals surface area contributed by atoms with Crippen LogP contribution in [0.4, 0.5) is 0 Å². The molecule has 3 aromatic rings. The van der Waals surface area contributed by atoms with Gasteiger partial charge < -0.3 is 24.1 Å². The van der Waals surface area contributed by atoms with E-state index in [-0.39, 0.29) is 5.91 Å². The molecule has 0 bridgehead atoms. The summed E-state index contributed by atoms with van der Waals surface area (Å²) < 4.78 is 18.8. The Morgan fingerprint density at radius 3 is 2.67 bits per heavy atom. The third kappa shape index (κ3) is 6.13. The maximum Gasteiger partial charge on any atom is 0.267 e. The molecule has 1 saturated heterocycles. The van der Waals surface area contributed by atoms with Gasteiger partial charge in [-0.05, 0) is 36.7 Å². The third-order valence-corrected chi connectivity index (χ3v) is 5.93. The van der Waals surface area contributed by atoms with Gasteiger partial charge >= 0.3 is 0 Å². The number of ether oxygens (including phenoxy) is 3. The van der Waals surface area contributed by atoms with Crippen LogP contribution in [-0.2, 0) is 22.6 Å². The maximum absolute atomic E-state index is 13.1. The Labute approximate surface area is 195 Å². The highest BCUT2D eigenvalue weighted by molar-refractivity contribution is 6.00. The molecule has 1 fully saturated rings. The molecule has 2 heterocycles. The molecule has 0 radical (unpaired) electrons. The lowest BCUT2D eigenvalue weighted by atomic mass is 10.2. The van der Waals surface area contributed by atoms with Crippen molar-refractivity contribution in [2.75, 3.05) is 53.1 Å². The second-order valence-electron chi connectivity index (χ2n) is 8.20. The van der Waals surface area contributed by atoms with Gasteiger partial charge in [0.15, 0.2) is 0 Å². The fourth-order valence-electron chi connectivity index (χ4n) is 4.15. The molecule has 7 heteroatoms. The number of rotatable bonds is 11. The maximum atomic E-state index is 13.1. The van der Waals surface area contributed by atoms with Crippen molar-refractivity contribution in [3.63, 3.8) is 0 Å². The van der Waals surface area contributed by atoms with Gasteiger partial charge in [0.2, 0.25) is 0 Å². The summed E-state index contributed by atoms with van der Waals surface area (Å²) in [4.78, 5) is 15.5. The Hall–Kier alpha value is -2.87. The lowest BCUT2D eigenvalue weighted by molar-refractivity contribution is 0.0374. The van der Waals surface area contributed by atoms with Crippen molar-refractivity contribution in [1.82, 2.24) is 14.8 Å². The summed E-state index contributed by atoms with van der Waals surface area (Å²) in [6.07, 6.45) is 0.912. The molecule has 1 amide bonds. The first-order chi connectivity index (χ1) is 16.3. The van der Waals surface area contributed by atoms with Gasteiger partial charge in [0.1, 0.15) is 18.1 Å². The molecule has 0 unspecified atom stereocenters. The predicted molar refractivity (Wildman–Crippen MR) is 129 cm³/mol. The minimum atomic E-state index is -0.0710. The summed E-state index contributed by atoms with van der Waals surface area (Å²) in [5.41, 5.74) is 2.70. The average molecular weight is 452 g/mol. The van der Waals surface area contributed by atoms with E-state index in [0.29, 0.717) is 32.0 Å². The lowest BCUT2D eigenvalue weighted by Crippen LogP contribution is -2.38. The molecule has 2 aromatic carbocycles. The van der Waals surface area contributed by atoms with E-state index in [1.54, 1.807) is 7.11 Å². The molecular formula is C26H33N3O4. The number of hydrogen-bond donors (Lipinski definition) is 1. The van der Waals surface area contributed by atoms with Crippen LogP contribution in [0, 0.1) is 0 Å². The van der Waals surface area contributed by atoms with Crippen LogP contribution < -0.4 is 10.1 Å². The van der Waals surface area contributed by atoms with Crippen molar-refractivity contribution < 1.29 is 19.0 Å². The Bertz CT molecular complexity index is 1030. The van der Waals surface area contributed by atoms with Gasteiger partial charge in [-0.25, -0.2) is 0 Å². The number of nitrogens with one attached hydrogen (secondary N) is 1. The number of hydrogen-bond acceptors (Lipinski definition) is 5. The van der Waals surface area contributed by atoms with Crippen LogP contribution in [0.25, 0.3) is 10.9 Å². The zero-order valence-corrected chi connectivity index (χ0v) is 19.3. The SMILES string of the molecule is COCCn1c(C(=O)NCCCN2CCOCC2)cc2c(OCc3ccccc3)cccc21. The summed E-state index contributed by atoms with van der Waals surface area (Å²) >= 11 is 0. The number of carbonyl (C=O) groups is 1. The van der Waals surface area contributed by atoms with E-state index < -0.39 is 0 Å². The zero-order valence-electron chi connectivity index (χ0n) is 19.3. The fraction of sp³-hybridized carbons (Fsp3) is 0.423. The van der Waals surface area contributed by atoms with Gasteiger partial charge in [0.25, 0.3) is 5.91 Å². The third-order valence-electron chi connectivity index (χ3n) is 5.93. The van der Waals surface area contributed by atoms with Gasteiger partial charge in [-0.1, -0.05) is 36.4 Å². The Kier molecular flexibility index (Phi) is 8.35. The molecule has 176 valence electrons. The second-order valence-corrected chi connectivity index (χ2v) is 8.20. The first kappa shape index (κ1) is 23.3.